The third-order valence-electron chi connectivity index (χ3n) is 3.13. The standard InChI is InChI=1S/C17H16I2N2O3/c1-10-3-4-15(11(2)5-10)24-9-16(22)21-20-8-12-6-13(18)17(23)14(19)7-12/h3-8,23H,9H2,1-2H3,(H,21,22). The van der Waals surface area contributed by atoms with E-state index in [9.17, 15) is 9.90 Å². The molecule has 0 unspecified atom stereocenters. The molecule has 0 saturated heterocycles. The lowest BCUT2D eigenvalue weighted by atomic mass is 10.1. The molecule has 0 saturated carbocycles. The first-order valence-electron chi connectivity index (χ1n) is 7.07. The Balaban J connectivity index is 1.89. The molecule has 2 N–H and O–H groups in total. The molecule has 5 nitrogen and oxygen atoms in total. The predicted molar refractivity (Wildman–Crippen MR) is 111 cm³/mol. The van der Waals surface area contributed by atoms with Crippen molar-refractivity contribution < 1.29 is 14.6 Å². The minimum absolute atomic E-state index is 0.105. The average molecular weight is 550 g/mol. The van der Waals surface area contributed by atoms with Crippen molar-refractivity contribution in [1.82, 2.24) is 5.43 Å². The van der Waals surface area contributed by atoms with Crippen LogP contribution >= 0.6 is 45.2 Å². The number of ether oxygens (including phenoxy) is 1. The van der Waals surface area contributed by atoms with Crippen LogP contribution in [0.25, 0.3) is 0 Å². The summed E-state index contributed by atoms with van der Waals surface area (Å²) in [6, 6.07) is 9.34. The summed E-state index contributed by atoms with van der Waals surface area (Å²) in [5.41, 5.74) is 5.34. The van der Waals surface area contributed by atoms with Gasteiger partial charge in [0.2, 0.25) is 0 Å². The van der Waals surface area contributed by atoms with E-state index in [4.69, 9.17) is 4.74 Å². The molecule has 126 valence electrons. The fraction of sp³-hybridized carbons (Fsp3) is 0.176. The number of amides is 1. The zero-order chi connectivity index (χ0) is 17.7. The van der Waals surface area contributed by atoms with Gasteiger partial charge in [0, 0.05) is 0 Å². The maximum Gasteiger partial charge on any atom is 0.277 e. The van der Waals surface area contributed by atoms with Gasteiger partial charge in [-0.2, -0.15) is 5.10 Å². The number of benzene rings is 2. The molecule has 0 aliphatic rings. The minimum Gasteiger partial charge on any atom is -0.506 e. The molecule has 0 heterocycles. The maximum atomic E-state index is 11.8. The number of hydrogen-bond donors (Lipinski definition) is 2. The second-order valence-corrected chi connectivity index (χ2v) is 7.51. The van der Waals surface area contributed by atoms with Gasteiger partial charge in [-0.15, -0.1) is 0 Å². The lowest BCUT2D eigenvalue weighted by molar-refractivity contribution is -0.123. The number of phenolic OH excluding ortho intramolecular Hbond substituents is 1. The summed E-state index contributed by atoms with van der Waals surface area (Å²) < 4.78 is 6.94. The Kier molecular flexibility index (Phi) is 6.84. The molecular weight excluding hydrogens is 534 g/mol. The first kappa shape index (κ1) is 19.0. The molecule has 7 heteroatoms. The fourth-order valence-corrected chi connectivity index (χ4v) is 3.79. The number of hydrogen-bond acceptors (Lipinski definition) is 4. The number of phenols is 1. The van der Waals surface area contributed by atoms with Crippen molar-refractivity contribution >= 4 is 57.3 Å². The molecule has 0 spiro atoms. The third kappa shape index (κ3) is 5.33. The first-order valence-corrected chi connectivity index (χ1v) is 9.22. The van der Waals surface area contributed by atoms with Crippen molar-refractivity contribution in [2.75, 3.05) is 6.61 Å². The van der Waals surface area contributed by atoms with Crippen molar-refractivity contribution in [2.45, 2.75) is 13.8 Å². The largest absolute Gasteiger partial charge is 0.506 e. The van der Waals surface area contributed by atoms with E-state index in [2.05, 4.69) is 10.5 Å². The average Bonchev–Trinajstić information content (AvgIpc) is 2.51. The van der Waals surface area contributed by atoms with Crippen LogP contribution in [0.1, 0.15) is 16.7 Å². The number of nitrogens with zero attached hydrogens (tertiary/aromatic N) is 1. The number of aryl methyl sites for hydroxylation is 2. The second kappa shape index (κ2) is 8.65. The van der Waals surface area contributed by atoms with Crippen LogP contribution in [0.3, 0.4) is 0 Å². The number of nitrogens with one attached hydrogen (secondary N) is 1. The minimum atomic E-state index is -0.339. The summed E-state index contributed by atoms with van der Waals surface area (Å²) in [5.74, 6) is 0.594. The number of carbonyl (C=O) groups is 1. The first-order chi connectivity index (χ1) is 11.4. The van der Waals surface area contributed by atoms with Crippen molar-refractivity contribution in [2.24, 2.45) is 5.10 Å². The molecule has 2 aromatic rings. The van der Waals surface area contributed by atoms with Crippen molar-refractivity contribution in [3.05, 3.63) is 54.2 Å². The number of halogens is 2. The van der Waals surface area contributed by atoms with Crippen molar-refractivity contribution in [1.29, 1.82) is 0 Å². The van der Waals surface area contributed by atoms with Crippen molar-refractivity contribution in [3.63, 3.8) is 0 Å². The molecule has 0 aliphatic carbocycles. The highest BCUT2D eigenvalue weighted by atomic mass is 127. The Morgan fingerprint density at radius 1 is 1.25 bits per heavy atom. The second-order valence-electron chi connectivity index (χ2n) is 5.18. The highest BCUT2D eigenvalue weighted by Crippen LogP contribution is 2.26. The normalized spacial score (nSPS) is 10.8. The van der Waals surface area contributed by atoms with E-state index in [1.165, 1.54) is 6.21 Å². The Labute approximate surface area is 167 Å². The van der Waals surface area contributed by atoms with E-state index in [1.54, 1.807) is 12.1 Å². The zero-order valence-corrected chi connectivity index (χ0v) is 17.5. The molecule has 0 atom stereocenters. The number of carbonyl (C=O) groups excluding carboxylic acids is 1. The molecule has 24 heavy (non-hydrogen) atoms. The van der Waals surface area contributed by atoms with Gasteiger partial charge in [0.1, 0.15) is 11.5 Å². The van der Waals surface area contributed by atoms with Crippen LogP contribution in [0.15, 0.2) is 35.4 Å². The third-order valence-corrected chi connectivity index (χ3v) is 4.78. The van der Waals surface area contributed by atoms with E-state index in [0.717, 1.165) is 23.8 Å². The topological polar surface area (TPSA) is 70.9 Å². The van der Waals surface area contributed by atoms with E-state index in [-0.39, 0.29) is 18.3 Å². The zero-order valence-electron chi connectivity index (χ0n) is 13.1. The smallest absolute Gasteiger partial charge is 0.277 e. The van der Waals surface area contributed by atoms with E-state index < -0.39 is 0 Å². The van der Waals surface area contributed by atoms with Gasteiger partial charge in [-0.05, 0) is 88.4 Å². The van der Waals surface area contributed by atoms with Gasteiger partial charge < -0.3 is 9.84 Å². The van der Waals surface area contributed by atoms with Gasteiger partial charge in [-0.3, -0.25) is 4.79 Å². The highest BCUT2D eigenvalue weighted by Gasteiger charge is 2.06. The maximum absolute atomic E-state index is 11.8. The summed E-state index contributed by atoms with van der Waals surface area (Å²) in [5, 5.41) is 13.6. The lowest BCUT2D eigenvalue weighted by Crippen LogP contribution is -2.24. The van der Waals surface area contributed by atoms with Crippen LogP contribution in [-0.4, -0.2) is 23.8 Å². The number of hydrazone groups is 1. The Bertz CT molecular complexity index is 768. The van der Waals surface area contributed by atoms with Gasteiger partial charge in [-0.1, -0.05) is 17.7 Å². The van der Waals surface area contributed by atoms with E-state index >= 15 is 0 Å². The van der Waals surface area contributed by atoms with E-state index in [1.807, 2.05) is 77.2 Å². The molecule has 2 aromatic carbocycles. The van der Waals surface area contributed by atoms with Gasteiger partial charge in [-0.25, -0.2) is 5.43 Å². The van der Waals surface area contributed by atoms with Gasteiger partial charge >= 0.3 is 0 Å². The summed E-state index contributed by atoms with van der Waals surface area (Å²) in [6.45, 7) is 3.84. The molecule has 2 rings (SSSR count). The molecule has 0 aliphatic heterocycles. The van der Waals surface area contributed by atoms with Crippen molar-refractivity contribution in [3.8, 4) is 11.5 Å². The number of aromatic hydroxyl groups is 1. The Morgan fingerprint density at radius 2 is 1.92 bits per heavy atom. The van der Waals surface area contributed by atoms with Crippen LogP contribution in [0.4, 0.5) is 0 Å². The predicted octanol–water partition coefficient (Wildman–Crippen LogP) is 3.75. The molecule has 0 radical (unpaired) electrons. The van der Waals surface area contributed by atoms with Crippen LogP contribution in [0.2, 0.25) is 0 Å². The lowest BCUT2D eigenvalue weighted by Gasteiger charge is -2.08. The molecular formula is C17H16I2N2O3. The summed E-state index contributed by atoms with van der Waals surface area (Å²) in [7, 11) is 0. The molecule has 0 fully saturated rings. The molecule has 0 aromatic heterocycles. The van der Waals surface area contributed by atoms with Crippen LogP contribution in [0, 0.1) is 21.0 Å². The SMILES string of the molecule is Cc1ccc(OCC(=O)NN=Cc2cc(I)c(O)c(I)c2)c(C)c1. The van der Waals surface area contributed by atoms with Gasteiger partial charge in [0.05, 0.1) is 13.4 Å². The summed E-state index contributed by atoms with van der Waals surface area (Å²) in [6.07, 6.45) is 1.53. The van der Waals surface area contributed by atoms with Crippen LogP contribution < -0.4 is 10.2 Å². The highest BCUT2D eigenvalue weighted by molar-refractivity contribution is 14.1. The summed E-state index contributed by atoms with van der Waals surface area (Å²) >= 11 is 4.08. The number of rotatable bonds is 5. The van der Waals surface area contributed by atoms with Gasteiger partial charge in [0.15, 0.2) is 6.61 Å². The Hall–Kier alpha value is -1.36. The van der Waals surface area contributed by atoms with Crippen LogP contribution in [-0.2, 0) is 4.79 Å². The monoisotopic (exact) mass is 550 g/mol. The van der Waals surface area contributed by atoms with Crippen LogP contribution in [0.5, 0.6) is 11.5 Å². The van der Waals surface area contributed by atoms with E-state index in [0.29, 0.717) is 5.75 Å². The quantitative estimate of drug-likeness (QED) is 0.339. The van der Waals surface area contributed by atoms with Gasteiger partial charge in [0.25, 0.3) is 5.91 Å². The Morgan fingerprint density at radius 3 is 2.54 bits per heavy atom. The molecule has 0 bridgehead atoms. The fourth-order valence-electron chi connectivity index (χ4n) is 1.98. The molecule has 1 amide bonds. The summed E-state index contributed by atoms with van der Waals surface area (Å²) in [4.78, 5) is 11.8.